The smallest absolute Gasteiger partial charge is 0.404 e. The van der Waals surface area contributed by atoms with Gasteiger partial charge in [-0.15, -0.1) is 0 Å². The third-order valence-electron chi connectivity index (χ3n) is 5.38. The van der Waals surface area contributed by atoms with Crippen molar-refractivity contribution >= 4 is 18.0 Å². The molecule has 0 spiro atoms. The number of hydrogen-bond acceptors (Lipinski definition) is 11. The highest BCUT2D eigenvalue weighted by Gasteiger charge is 2.61. The Morgan fingerprint density at radius 1 is 1.29 bits per heavy atom. The van der Waals surface area contributed by atoms with Crippen LogP contribution in [0.4, 0.5) is 4.79 Å². The topological polar surface area (TPSA) is 196 Å². The van der Waals surface area contributed by atoms with Gasteiger partial charge in [0, 0.05) is 0 Å². The van der Waals surface area contributed by atoms with Gasteiger partial charge in [0.1, 0.15) is 24.8 Å². The number of guanidine groups is 2. The fourth-order valence-corrected chi connectivity index (χ4v) is 4.12. The van der Waals surface area contributed by atoms with Gasteiger partial charge in [-0.3, -0.25) is 5.21 Å². The molecule has 1 amide bonds. The van der Waals surface area contributed by atoms with E-state index in [-0.39, 0.29) is 18.5 Å². The van der Waals surface area contributed by atoms with E-state index >= 15 is 0 Å². The molecule has 6 atom stereocenters. The van der Waals surface area contributed by atoms with Crippen LogP contribution in [0.1, 0.15) is 40.0 Å². The first-order chi connectivity index (χ1) is 13.1. The molecule has 2 rings (SSSR count). The zero-order chi connectivity index (χ0) is 21.2. The van der Waals surface area contributed by atoms with Gasteiger partial charge >= 0.3 is 6.09 Å². The van der Waals surface area contributed by atoms with Crippen molar-refractivity contribution < 1.29 is 25.0 Å². The molecule has 0 saturated carbocycles. The lowest BCUT2D eigenvalue weighted by Gasteiger charge is -2.54. The highest BCUT2D eigenvalue weighted by Crippen LogP contribution is 2.41. The number of ether oxygens (including phenoxy) is 1. The summed E-state index contributed by atoms with van der Waals surface area (Å²) in [6, 6.07) is -2.13. The number of carbonyl (C=O) groups excluding carboxylic acids is 1. The van der Waals surface area contributed by atoms with E-state index in [9.17, 15) is 20.2 Å². The molecule has 2 aliphatic heterocycles. The average Bonchev–Trinajstić information content (AvgIpc) is 2.89. The molecule has 28 heavy (non-hydrogen) atoms. The normalized spacial score (nSPS) is 30.2. The van der Waals surface area contributed by atoms with Gasteiger partial charge < -0.3 is 37.1 Å². The van der Waals surface area contributed by atoms with Gasteiger partial charge in [0.25, 0.3) is 0 Å². The summed E-state index contributed by atoms with van der Waals surface area (Å²) in [4.78, 5) is 21.3. The summed E-state index contributed by atoms with van der Waals surface area (Å²) in [7, 11) is 0. The maximum absolute atomic E-state index is 11.0. The predicted octanol–water partition coefficient (Wildman–Crippen LogP) is -1.51. The lowest BCUT2D eigenvalue weighted by molar-refractivity contribution is -0.187. The van der Waals surface area contributed by atoms with Crippen LogP contribution in [0.5, 0.6) is 0 Å². The van der Waals surface area contributed by atoms with Crippen LogP contribution in [-0.4, -0.2) is 86.0 Å². The molecule has 0 radical (unpaired) electrons. The minimum Gasteiger partial charge on any atom is -0.447 e. The number of primary amides is 1. The van der Waals surface area contributed by atoms with E-state index in [0.29, 0.717) is 19.3 Å². The van der Waals surface area contributed by atoms with E-state index in [0.717, 1.165) is 5.06 Å². The zero-order valence-corrected chi connectivity index (χ0v) is 16.4. The standard InChI is InChI=1S/C16H31N7O5/c1-4-6-10(11(25)8(3)24)22-13(17)20-9(7-28-15(19)26)12-16(22,5-2)23(27)14(18)21-12/h8-12,24-25,27H,4-7H2,1-3H3,(H2,17,20)(H2,18,21)(H2,19,26). The van der Waals surface area contributed by atoms with Crippen molar-refractivity contribution in [2.75, 3.05) is 6.61 Å². The first kappa shape index (κ1) is 22.0. The number of fused-ring (bicyclic) bond motifs is 1. The van der Waals surface area contributed by atoms with Crippen molar-refractivity contribution in [3.63, 3.8) is 0 Å². The molecule has 0 aliphatic carbocycles. The second kappa shape index (κ2) is 8.37. The van der Waals surface area contributed by atoms with E-state index in [1.165, 1.54) is 6.92 Å². The molecule has 0 aromatic carbocycles. The van der Waals surface area contributed by atoms with Crippen molar-refractivity contribution in [2.45, 2.75) is 76.0 Å². The largest absolute Gasteiger partial charge is 0.447 e. The summed E-state index contributed by atoms with van der Waals surface area (Å²) >= 11 is 0. The Hall–Kier alpha value is -2.31. The number of hydroxylamine groups is 2. The van der Waals surface area contributed by atoms with E-state index in [4.69, 9.17) is 21.9 Å². The predicted molar refractivity (Wildman–Crippen MR) is 101 cm³/mol. The van der Waals surface area contributed by atoms with Crippen LogP contribution in [0.2, 0.25) is 0 Å². The number of nitrogens with two attached hydrogens (primary N) is 3. The van der Waals surface area contributed by atoms with Gasteiger partial charge in [-0.1, -0.05) is 20.3 Å². The van der Waals surface area contributed by atoms with Crippen LogP contribution in [0.25, 0.3) is 0 Å². The summed E-state index contributed by atoms with van der Waals surface area (Å²) in [6.07, 6.45) is -1.73. The minimum atomic E-state index is -1.27. The quantitative estimate of drug-likeness (QED) is 0.280. The summed E-state index contributed by atoms with van der Waals surface area (Å²) < 4.78 is 4.88. The molecule has 0 bridgehead atoms. The van der Waals surface area contributed by atoms with Gasteiger partial charge in [-0.25, -0.2) is 14.8 Å². The first-order valence-corrected chi connectivity index (χ1v) is 9.35. The number of aliphatic imine (C=N–C) groups is 2. The molecular formula is C16H31N7O5. The highest BCUT2D eigenvalue weighted by molar-refractivity contribution is 5.86. The van der Waals surface area contributed by atoms with Gasteiger partial charge in [0.05, 0.1) is 12.1 Å². The van der Waals surface area contributed by atoms with Crippen molar-refractivity contribution in [2.24, 2.45) is 27.2 Å². The van der Waals surface area contributed by atoms with Gasteiger partial charge in [-0.05, 0) is 19.8 Å². The molecule has 0 saturated heterocycles. The molecular weight excluding hydrogens is 370 g/mol. The molecule has 2 aliphatic rings. The molecule has 2 heterocycles. The summed E-state index contributed by atoms with van der Waals surface area (Å²) in [6.45, 7) is 5.01. The number of aliphatic hydroxyl groups is 2. The van der Waals surface area contributed by atoms with Crippen molar-refractivity contribution in [1.29, 1.82) is 0 Å². The molecule has 0 aromatic heterocycles. The molecule has 0 fully saturated rings. The maximum atomic E-state index is 11.0. The Bertz CT molecular complexity index is 643. The van der Waals surface area contributed by atoms with Gasteiger partial charge in [-0.2, -0.15) is 5.06 Å². The number of rotatable bonds is 8. The average molecular weight is 401 g/mol. The van der Waals surface area contributed by atoms with Gasteiger partial charge in [0.2, 0.25) is 5.96 Å². The van der Waals surface area contributed by atoms with Crippen LogP contribution in [0.3, 0.4) is 0 Å². The second-order valence-corrected chi connectivity index (χ2v) is 7.12. The van der Waals surface area contributed by atoms with Crippen LogP contribution in [-0.2, 0) is 4.74 Å². The van der Waals surface area contributed by atoms with Crippen LogP contribution < -0.4 is 17.2 Å². The molecule has 9 N–H and O–H groups in total. The number of aliphatic hydroxyl groups excluding tert-OH is 2. The number of hydrogen-bond donors (Lipinski definition) is 6. The number of nitrogens with zero attached hydrogens (tertiary/aromatic N) is 4. The maximum Gasteiger partial charge on any atom is 0.404 e. The van der Waals surface area contributed by atoms with Crippen LogP contribution in [0, 0.1) is 0 Å². The minimum absolute atomic E-state index is 0.0123. The van der Waals surface area contributed by atoms with E-state index in [1.54, 1.807) is 11.8 Å². The summed E-state index contributed by atoms with van der Waals surface area (Å²) in [5.41, 5.74) is 15.9. The monoisotopic (exact) mass is 401 g/mol. The van der Waals surface area contributed by atoms with E-state index in [1.807, 2.05) is 6.92 Å². The SMILES string of the molecule is CCCC(C(O)C(C)O)N1C(N)=NC(COC(N)=O)C2N=C(N)N(O)C21CC. The Morgan fingerprint density at radius 2 is 1.93 bits per heavy atom. The lowest BCUT2D eigenvalue weighted by Crippen LogP contribution is -2.75. The zero-order valence-electron chi connectivity index (χ0n) is 16.4. The molecule has 12 nitrogen and oxygen atoms in total. The Morgan fingerprint density at radius 3 is 2.43 bits per heavy atom. The molecule has 160 valence electrons. The third kappa shape index (κ3) is 3.54. The Labute approximate surface area is 163 Å². The van der Waals surface area contributed by atoms with Crippen molar-refractivity contribution in [3.05, 3.63) is 0 Å². The molecule has 12 heteroatoms. The Kier molecular flexibility index (Phi) is 6.57. The van der Waals surface area contributed by atoms with Crippen LogP contribution >= 0.6 is 0 Å². The molecule has 6 unspecified atom stereocenters. The Balaban J connectivity index is 2.57. The fraction of sp³-hybridized carbons (Fsp3) is 0.812. The van der Waals surface area contributed by atoms with Crippen molar-refractivity contribution in [3.8, 4) is 0 Å². The molecule has 0 aromatic rings. The van der Waals surface area contributed by atoms with Gasteiger partial charge in [0.15, 0.2) is 11.6 Å². The summed E-state index contributed by atoms with van der Waals surface area (Å²) in [5, 5.41) is 32.3. The first-order valence-electron chi connectivity index (χ1n) is 9.35. The number of amides is 1. The lowest BCUT2D eigenvalue weighted by atomic mass is 9.85. The number of carbonyl (C=O) groups is 1. The summed E-state index contributed by atoms with van der Waals surface area (Å²) in [5.74, 6) is -0.133. The highest BCUT2D eigenvalue weighted by atomic mass is 16.5. The second-order valence-electron chi connectivity index (χ2n) is 7.12. The van der Waals surface area contributed by atoms with Crippen molar-refractivity contribution in [1.82, 2.24) is 9.96 Å². The fourth-order valence-electron chi connectivity index (χ4n) is 4.12. The third-order valence-corrected chi connectivity index (χ3v) is 5.38. The van der Waals surface area contributed by atoms with E-state index < -0.39 is 42.1 Å². The van der Waals surface area contributed by atoms with Crippen LogP contribution in [0.15, 0.2) is 9.98 Å². The van der Waals surface area contributed by atoms with E-state index in [2.05, 4.69) is 9.98 Å².